The van der Waals surface area contributed by atoms with Crippen molar-refractivity contribution in [3.8, 4) is 11.1 Å². The van der Waals surface area contributed by atoms with Gasteiger partial charge in [-0.1, -0.05) is 78.9 Å². The van der Waals surface area contributed by atoms with E-state index < -0.39 is 73.9 Å². The number of Topliss-reactive ketones (excluding diaryl/α,β-unsaturated/α-hetero) is 1. The number of fused-ring (bicyclic) bond motifs is 3. The van der Waals surface area contributed by atoms with Gasteiger partial charge in [0, 0.05) is 18.9 Å². The summed E-state index contributed by atoms with van der Waals surface area (Å²) in [5.74, 6) is -7.66. The molecule has 2 amide bonds. The molecule has 0 fully saturated rings. The second kappa shape index (κ2) is 16.6. The van der Waals surface area contributed by atoms with Crippen molar-refractivity contribution in [1.29, 1.82) is 0 Å². The van der Waals surface area contributed by atoms with Gasteiger partial charge in [-0.05, 0) is 34.2 Å². The average molecular weight is 717 g/mol. The third kappa shape index (κ3) is 11.5. The minimum atomic E-state index is -4.84. The molecule has 0 spiro atoms. The van der Waals surface area contributed by atoms with E-state index in [9.17, 15) is 45.1 Å². The Morgan fingerprint density at radius 3 is 1.92 bits per heavy atom. The van der Waals surface area contributed by atoms with Crippen LogP contribution in [0.5, 0.6) is 0 Å². The molecular formula is C33H36N2O12S2. The van der Waals surface area contributed by atoms with Crippen LogP contribution in [0.4, 0.5) is 4.79 Å². The smallest absolute Gasteiger partial charge is 0.407 e. The van der Waals surface area contributed by atoms with Gasteiger partial charge in [0.15, 0.2) is 5.78 Å². The molecule has 1 aliphatic carbocycles. The summed E-state index contributed by atoms with van der Waals surface area (Å²) in [6.45, 7) is -0.182. The fraction of sp³-hybridized carbons (Fsp3) is 0.333. The maximum atomic E-state index is 13.2. The molecule has 14 nitrogen and oxygen atoms in total. The number of hydrogen-bond acceptors (Lipinski definition) is 10. The normalized spacial score (nSPS) is 13.8. The predicted octanol–water partition coefficient (Wildman–Crippen LogP) is 2.88. The first-order valence-corrected chi connectivity index (χ1v) is 18.4. The molecule has 1 unspecified atom stereocenters. The number of rotatable bonds is 17. The van der Waals surface area contributed by atoms with Crippen molar-refractivity contribution in [2.75, 3.05) is 24.7 Å². The summed E-state index contributed by atoms with van der Waals surface area (Å²) >= 11 is 0. The van der Waals surface area contributed by atoms with Gasteiger partial charge in [0.2, 0.25) is 5.91 Å². The van der Waals surface area contributed by atoms with Crippen LogP contribution in [0.1, 0.15) is 41.9 Å². The molecule has 1 aliphatic rings. The number of benzene rings is 3. The molecule has 49 heavy (non-hydrogen) atoms. The van der Waals surface area contributed by atoms with E-state index >= 15 is 0 Å². The fourth-order valence-corrected chi connectivity index (χ4v) is 6.94. The van der Waals surface area contributed by atoms with E-state index in [1.807, 2.05) is 48.5 Å². The van der Waals surface area contributed by atoms with E-state index in [1.54, 1.807) is 30.3 Å². The Hall–Kier alpha value is -4.64. The second-order valence-electron chi connectivity index (χ2n) is 11.4. The van der Waals surface area contributed by atoms with Crippen molar-refractivity contribution in [3.05, 3.63) is 95.6 Å². The summed E-state index contributed by atoms with van der Waals surface area (Å²) in [7, 11) is -9.66. The quantitative estimate of drug-likeness (QED) is 0.0900. The minimum Gasteiger partial charge on any atom is -0.465 e. The molecule has 262 valence electrons. The van der Waals surface area contributed by atoms with Crippen LogP contribution < -0.4 is 10.6 Å². The molecule has 3 aromatic carbocycles. The van der Waals surface area contributed by atoms with E-state index in [2.05, 4.69) is 10.6 Å². The standard InChI is InChI=1S/C33H36N2O12S2/c36-30(15-8-16-34-33(39)47-18-22-9-2-1-3-10-22)29(21-49(43,44)45)35-32(38)23(20-48(40,41)42)17-31(37)46-19-28-26-13-6-4-11-24(26)25-12-5-7-14-27(25)28/h1-7,9-14,23,28-29H,8,15-21H2,(H,34,39)(H,35,38)(H,40,41,42)(H,43,44,45)/t23-,29?/m0/s1. The van der Waals surface area contributed by atoms with Crippen LogP contribution in [0, 0.1) is 5.92 Å². The lowest BCUT2D eigenvalue weighted by Gasteiger charge is -2.21. The summed E-state index contributed by atoms with van der Waals surface area (Å²) in [6.07, 6.45) is -1.97. The van der Waals surface area contributed by atoms with Crippen LogP contribution in [0.2, 0.25) is 0 Å². The Balaban J connectivity index is 1.34. The highest BCUT2D eigenvalue weighted by Crippen LogP contribution is 2.44. The molecule has 4 N–H and O–H groups in total. The maximum absolute atomic E-state index is 13.2. The number of hydrogen-bond donors (Lipinski definition) is 4. The lowest BCUT2D eigenvalue weighted by Crippen LogP contribution is -2.49. The van der Waals surface area contributed by atoms with Crippen molar-refractivity contribution in [3.63, 3.8) is 0 Å². The van der Waals surface area contributed by atoms with Gasteiger partial charge in [0.1, 0.15) is 25.0 Å². The molecule has 0 saturated heterocycles. The average Bonchev–Trinajstić information content (AvgIpc) is 3.36. The highest BCUT2D eigenvalue weighted by molar-refractivity contribution is 7.86. The van der Waals surface area contributed by atoms with Gasteiger partial charge in [-0.2, -0.15) is 16.8 Å². The van der Waals surface area contributed by atoms with Crippen LogP contribution in [0.25, 0.3) is 11.1 Å². The van der Waals surface area contributed by atoms with Gasteiger partial charge in [-0.15, -0.1) is 0 Å². The Bertz CT molecular complexity index is 1840. The van der Waals surface area contributed by atoms with E-state index in [-0.39, 0.29) is 38.5 Å². The molecule has 0 aliphatic heterocycles. The first kappa shape index (κ1) is 37.2. The van der Waals surface area contributed by atoms with Gasteiger partial charge < -0.3 is 20.1 Å². The van der Waals surface area contributed by atoms with E-state index in [4.69, 9.17) is 9.47 Å². The molecule has 0 heterocycles. The number of ketones is 1. The van der Waals surface area contributed by atoms with E-state index in [1.165, 1.54) is 0 Å². The maximum Gasteiger partial charge on any atom is 0.407 e. The Kier molecular flexibility index (Phi) is 12.6. The summed E-state index contributed by atoms with van der Waals surface area (Å²) in [5.41, 5.74) is 4.51. The zero-order chi connectivity index (χ0) is 35.6. The molecule has 0 saturated carbocycles. The predicted molar refractivity (Wildman–Crippen MR) is 176 cm³/mol. The lowest BCUT2D eigenvalue weighted by molar-refractivity contribution is -0.147. The lowest BCUT2D eigenvalue weighted by atomic mass is 9.98. The number of alkyl carbamates (subject to hydrolysis) is 1. The molecule has 0 radical (unpaired) electrons. The van der Waals surface area contributed by atoms with Crippen molar-refractivity contribution >= 4 is 44.0 Å². The fourth-order valence-electron chi connectivity index (χ4n) is 5.47. The van der Waals surface area contributed by atoms with Crippen molar-refractivity contribution < 1.29 is 54.6 Å². The number of amides is 2. The largest absolute Gasteiger partial charge is 0.465 e. The monoisotopic (exact) mass is 716 g/mol. The van der Waals surface area contributed by atoms with Crippen molar-refractivity contribution in [2.45, 2.75) is 37.8 Å². The van der Waals surface area contributed by atoms with Gasteiger partial charge in [-0.3, -0.25) is 23.5 Å². The molecule has 0 bridgehead atoms. The SMILES string of the molecule is O=C(C[C@@H](CS(=O)(=O)O)C(=O)NC(CS(=O)(=O)O)C(=O)CCCNC(=O)OCc1ccccc1)OCC1c2ccccc2-c2ccccc21. The first-order valence-electron chi connectivity index (χ1n) is 15.2. The number of esters is 1. The first-order chi connectivity index (χ1) is 23.2. The third-order valence-electron chi connectivity index (χ3n) is 7.73. The molecule has 3 aromatic rings. The van der Waals surface area contributed by atoms with Crippen LogP contribution in [0.3, 0.4) is 0 Å². The highest BCUT2D eigenvalue weighted by atomic mass is 32.2. The number of carbonyl (C=O) groups is 4. The summed E-state index contributed by atoms with van der Waals surface area (Å²) < 4.78 is 76.3. The van der Waals surface area contributed by atoms with Crippen molar-refractivity contribution in [1.82, 2.24) is 10.6 Å². The molecule has 4 rings (SSSR count). The van der Waals surface area contributed by atoms with Crippen LogP contribution in [-0.4, -0.2) is 80.4 Å². The summed E-state index contributed by atoms with van der Waals surface area (Å²) in [6, 6.07) is 22.1. The molecular weight excluding hydrogens is 680 g/mol. The van der Waals surface area contributed by atoms with E-state index in [0.29, 0.717) is 0 Å². The van der Waals surface area contributed by atoms with Crippen LogP contribution >= 0.6 is 0 Å². The van der Waals surface area contributed by atoms with Gasteiger partial charge >= 0.3 is 12.1 Å². The summed E-state index contributed by atoms with van der Waals surface area (Å²) in [5, 5.41) is 4.52. The van der Waals surface area contributed by atoms with Gasteiger partial charge in [-0.25, -0.2) is 4.79 Å². The number of nitrogens with one attached hydrogen (secondary N) is 2. The minimum absolute atomic E-state index is 0.00862. The zero-order valence-corrected chi connectivity index (χ0v) is 27.8. The summed E-state index contributed by atoms with van der Waals surface area (Å²) in [4.78, 5) is 50.9. The molecule has 0 aromatic heterocycles. The van der Waals surface area contributed by atoms with Crippen molar-refractivity contribution in [2.24, 2.45) is 5.92 Å². The Labute approximate surface area is 283 Å². The van der Waals surface area contributed by atoms with E-state index in [0.717, 1.165) is 27.8 Å². The number of carbonyl (C=O) groups excluding carboxylic acids is 4. The molecule has 2 atom stereocenters. The van der Waals surface area contributed by atoms with Crippen LogP contribution in [0.15, 0.2) is 78.9 Å². The molecule has 16 heteroatoms. The second-order valence-corrected chi connectivity index (χ2v) is 14.4. The zero-order valence-electron chi connectivity index (χ0n) is 26.2. The van der Waals surface area contributed by atoms with Crippen LogP contribution in [-0.2, 0) is 50.7 Å². The Morgan fingerprint density at radius 1 is 0.755 bits per heavy atom. The number of ether oxygens (including phenoxy) is 2. The van der Waals surface area contributed by atoms with Gasteiger partial charge in [0.05, 0.1) is 18.1 Å². The third-order valence-corrected chi connectivity index (χ3v) is 9.31. The topological polar surface area (TPSA) is 220 Å². The highest BCUT2D eigenvalue weighted by Gasteiger charge is 2.34. The Morgan fingerprint density at radius 2 is 1.33 bits per heavy atom. The van der Waals surface area contributed by atoms with Gasteiger partial charge in [0.25, 0.3) is 20.2 Å².